The highest BCUT2D eigenvalue weighted by Crippen LogP contribution is 2.41. The number of urea groups is 1. The molecule has 1 saturated heterocycles. The minimum atomic E-state index is -3.60. The van der Waals surface area contributed by atoms with Crippen molar-refractivity contribution in [3.63, 3.8) is 0 Å². The number of amides is 4. The highest BCUT2D eigenvalue weighted by Gasteiger charge is 2.55. The van der Waals surface area contributed by atoms with Crippen LogP contribution in [-0.4, -0.2) is 55.1 Å². The number of imide groups is 1. The molecule has 4 amide bonds. The van der Waals surface area contributed by atoms with Gasteiger partial charge in [0.2, 0.25) is 15.9 Å². The van der Waals surface area contributed by atoms with Crippen molar-refractivity contribution in [1.82, 2.24) is 14.5 Å². The molecule has 0 aromatic heterocycles. The SMILES string of the molecule is CCN(CC)S(=O)(=O)c1ccc(NC(=O)CN2C(=O)N[C@@]3(CCc4ccccc43)C2=O)cc1. The first-order chi connectivity index (χ1) is 15.7. The quantitative estimate of drug-likeness (QED) is 0.601. The zero-order valence-corrected chi connectivity index (χ0v) is 19.3. The molecule has 2 aromatic rings. The molecule has 0 bridgehead atoms. The molecular formula is C23H26N4O5S. The van der Waals surface area contributed by atoms with E-state index in [0.717, 1.165) is 16.0 Å². The Bertz CT molecular complexity index is 1210. The van der Waals surface area contributed by atoms with Crippen LogP contribution in [0.4, 0.5) is 10.5 Å². The number of hydrogen-bond donors (Lipinski definition) is 2. The highest BCUT2D eigenvalue weighted by atomic mass is 32.2. The summed E-state index contributed by atoms with van der Waals surface area (Å²) in [5.41, 5.74) is 1.04. The van der Waals surface area contributed by atoms with E-state index in [0.29, 0.717) is 31.6 Å². The lowest BCUT2D eigenvalue weighted by molar-refractivity contribution is -0.134. The van der Waals surface area contributed by atoms with Crippen LogP contribution in [0.25, 0.3) is 0 Å². The van der Waals surface area contributed by atoms with E-state index in [1.807, 2.05) is 24.3 Å². The first-order valence-electron chi connectivity index (χ1n) is 10.9. The minimum Gasteiger partial charge on any atom is -0.325 e. The Kier molecular flexibility index (Phi) is 5.98. The van der Waals surface area contributed by atoms with Gasteiger partial charge in [0.05, 0.1) is 4.90 Å². The van der Waals surface area contributed by atoms with Crippen molar-refractivity contribution >= 4 is 33.6 Å². The van der Waals surface area contributed by atoms with Gasteiger partial charge in [-0.05, 0) is 48.2 Å². The summed E-state index contributed by atoms with van der Waals surface area (Å²) in [4.78, 5) is 39.4. The van der Waals surface area contributed by atoms with Crippen LogP contribution in [-0.2, 0) is 31.6 Å². The molecular weight excluding hydrogens is 444 g/mol. The smallest absolute Gasteiger partial charge is 0.325 e. The third-order valence-corrected chi connectivity index (χ3v) is 8.27. The fourth-order valence-electron chi connectivity index (χ4n) is 4.50. The average molecular weight is 471 g/mol. The van der Waals surface area contributed by atoms with E-state index in [2.05, 4.69) is 10.6 Å². The minimum absolute atomic E-state index is 0.125. The summed E-state index contributed by atoms with van der Waals surface area (Å²) in [6, 6.07) is 12.7. The fraction of sp³-hybridized carbons (Fsp3) is 0.348. The van der Waals surface area contributed by atoms with Crippen molar-refractivity contribution in [3.8, 4) is 0 Å². The lowest BCUT2D eigenvalue weighted by Crippen LogP contribution is -2.43. The van der Waals surface area contributed by atoms with Crippen molar-refractivity contribution in [2.45, 2.75) is 37.1 Å². The Morgan fingerprint density at radius 3 is 2.42 bits per heavy atom. The maximum atomic E-state index is 13.2. The number of carbonyl (C=O) groups is 3. The van der Waals surface area contributed by atoms with Crippen LogP contribution in [0.1, 0.15) is 31.4 Å². The van der Waals surface area contributed by atoms with Crippen LogP contribution in [0, 0.1) is 0 Å². The van der Waals surface area contributed by atoms with Crippen LogP contribution in [0.15, 0.2) is 53.4 Å². The van der Waals surface area contributed by atoms with Crippen molar-refractivity contribution in [2.24, 2.45) is 0 Å². The summed E-state index contributed by atoms with van der Waals surface area (Å²) in [5, 5.41) is 5.41. The van der Waals surface area contributed by atoms with Gasteiger partial charge in [-0.15, -0.1) is 0 Å². The van der Waals surface area contributed by atoms with Crippen LogP contribution in [0.3, 0.4) is 0 Å². The molecule has 174 valence electrons. The number of anilines is 1. The highest BCUT2D eigenvalue weighted by molar-refractivity contribution is 7.89. The average Bonchev–Trinajstić information content (AvgIpc) is 3.28. The zero-order chi connectivity index (χ0) is 23.8. The van der Waals surface area contributed by atoms with E-state index in [4.69, 9.17) is 0 Å². The van der Waals surface area contributed by atoms with Crippen LogP contribution in [0.5, 0.6) is 0 Å². The number of benzene rings is 2. The van der Waals surface area contributed by atoms with Gasteiger partial charge in [0.25, 0.3) is 5.91 Å². The second-order valence-corrected chi connectivity index (χ2v) is 9.98. The maximum absolute atomic E-state index is 13.2. The summed E-state index contributed by atoms with van der Waals surface area (Å²) in [6.45, 7) is 3.80. The molecule has 9 nitrogen and oxygen atoms in total. The third kappa shape index (κ3) is 3.89. The van der Waals surface area contributed by atoms with Gasteiger partial charge in [-0.1, -0.05) is 38.1 Å². The number of nitrogens with one attached hydrogen (secondary N) is 2. The molecule has 2 aromatic carbocycles. The van der Waals surface area contributed by atoms with E-state index >= 15 is 0 Å². The normalized spacial score (nSPS) is 19.8. The number of sulfonamides is 1. The Balaban J connectivity index is 1.45. The maximum Gasteiger partial charge on any atom is 0.325 e. The molecule has 1 spiro atoms. The Hall–Kier alpha value is -3.24. The van der Waals surface area contributed by atoms with Crippen LogP contribution >= 0.6 is 0 Å². The molecule has 2 aliphatic rings. The summed E-state index contributed by atoms with van der Waals surface area (Å²) in [5.74, 6) is -0.991. The number of aryl methyl sites for hydroxylation is 1. The molecule has 1 heterocycles. The predicted molar refractivity (Wildman–Crippen MR) is 122 cm³/mol. The van der Waals surface area contributed by atoms with E-state index in [-0.39, 0.29) is 4.90 Å². The van der Waals surface area contributed by atoms with Crippen LogP contribution in [0.2, 0.25) is 0 Å². The lowest BCUT2D eigenvalue weighted by atomic mass is 9.92. The Morgan fingerprint density at radius 2 is 1.76 bits per heavy atom. The molecule has 10 heteroatoms. The summed E-state index contributed by atoms with van der Waals surface area (Å²) < 4.78 is 26.5. The first-order valence-corrected chi connectivity index (χ1v) is 12.3. The van der Waals surface area contributed by atoms with Gasteiger partial charge in [-0.25, -0.2) is 13.2 Å². The zero-order valence-electron chi connectivity index (χ0n) is 18.5. The summed E-state index contributed by atoms with van der Waals surface area (Å²) in [6.07, 6.45) is 1.13. The molecule has 2 N–H and O–H groups in total. The van der Waals surface area contributed by atoms with E-state index < -0.39 is 40.0 Å². The van der Waals surface area contributed by atoms with Crippen LogP contribution < -0.4 is 10.6 Å². The van der Waals surface area contributed by atoms with Gasteiger partial charge in [-0.2, -0.15) is 4.31 Å². The molecule has 1 aliphatic heterocycles. The first kappa shape index (κ1) is 22.9. The molecule has 0 saturated carbocycles. The van der Waals surface area contributed by atoms with Crippen molar-refractivity contribution < 1.29 is 22.8 Å². The van der Waals surface area contributed by atoms with Crippen molar-refractivity contribution in [2.75, 3.05) is 25.0 Å². The van der Waals surface area contributed by atoms with Gasteiger partial charge >= 0.3 is 6.03 Å². The Labute approximate surface area is 192 Å². The van der Waals surface area contributed by atoms with Gasteiger partial charge in [-0.3, -0.25) is 14.5 Å². The van der Waals surface area contributed by atoms with Gasteiger partial charge in [0.1, 0.15) is 12.1 Å². The number of fused-ring (bicyclic) bond motifs is 2. The molecule has 0 radical (unpaired) electrons. The fourth-order valence-corrected chi connectivity index (χ4v) is 5.96. The van der Waals surface area contributed by atoms with Gasteiger partial charge in [0.15, 0.2) is 0 Å². The molecule has 1 fully saturated rings. The molecule has 33 heavy (non-hydrogen) atoms. The topological polar surface area (TPSA) is 116 Å². The Morgan fingerprint density at radius 1 is 1.09 bits per heavy atom. The number of hydrogen-bond acceptors (Lipinski definition) is 5. The summed E-state index contributed by atoms with van der Waals surface area (Å²) in [7, 11) is -3.60. The van der Waals surface area contributed by atoms with E-state index in [1.165, 1.54) is 28.6 Å². The standard InChI is InChI=1S/C23H26N4O5S/c1-3-26(4-2)33(31,32)18-11-9-17(10-12-18)24-20(28)15-27-21(29)23(25-22(27)30)14-13-16-7-5-6-8-19(16)23/h5-12H,3-4,13-15H2,1-2H3,(H,24,28)(H,25,30)/t23-/m1/s1. The van der Waals surface area contributed by atoms with Gasteiger partial charge in [0, 0.05) is 18.8 Å². The molecule has 4 rings (SSSR count). The molecule has 1 atom stereocenters. The van der Waals surface area contributed by atoms with E-state index in [9.17, 15) is 22.8 Å². The van der Waals surface area contributed by atoms with Crippen molar-refractivity contribution in [1.29, 1.82) is 0 Å². The largest absolute Gasteiger partial charge is 0.325 e. The van der Waals surface area contributed by atoms with Crippen molar-refractivity contribution in [3.05, 3.63) is 59.7 Å². The molecule has 0 unspecified atom stereocenters. The number of nitrogens with zero attached hydrogens (tertiary/aromatic N) is 2. The van der Waals surface area contributed by atoms with E-state index in [1.54, 1.807) is 13.8 Å². The lowest BCUT2D eigenvalue weighted by Gasteiger charge is -2.22. The monoisotopic (exact) mass is 470 g/mol. The second-order valence-electron chi connectivity index (χ2n) is 8.05. The number of rotatable bonds is 7. The predicted octanol–water partition coefficient (Wildman–Crippen LogP) is 2.05. The third-order valence-electron chi connectivity index (χ3n) is 6.21. The number of carbonyl (C=O) groups excluding carboxylic acids is 3. The summed E-state index contributed by atoms with van der Waals surface area (Å²) >= 11 is 0. The molecule has 1 aliphatic carbocycles. The second kappa shape index (κ2) is 8.60. The van der Waals surface area contributed by atoms with Gasteiger partial charge < -0.3 is 10.6 Å².